The molecule has 4 rings (SSSR count). The van der Waals surface area contributed by atoms with Gasteiger partial charge in [0.1, 0.15) is 12.4 Å². The molecule has 2 aliphatic heterocycles. The van der Waals surface area contributed by atoms with Gasteiger partial charge < -0.3 is 14.5 Å². The number of fused-ring (bicyclic) bond motifs is 1. The number of ether oxygens (including phenoxy) is 1. The van der Waals surface area contributed by atoms with Gasteiger partial charge in [-0.1, -0.05) is 12.1 Å². The van der Waals surface area contributed by atoms with Gasteiger partial charge in [0.15, 0.2) is 0 Å². The second kappa shape index (κ2) is 5.60. The van der Waals surface area contributed by atoms with Crippen molar-refractivity contribution < 1.29 is 18.7 Å². The van der Waals surface area contributed by atoms with Gasteiger partial charge in [-0.25, -0.2) is 4.39 Å². The predicted molar refractivity (Wildman–Crippen MR) is 80.3 cm³/mol. The molecule has 2 atom stereocenters. The highest BCUT2D eigenvalue weighted by molar-refractivity contribution is 5.95. The molecule has 2 amide bonds. The van der Waals surface area contributed by atoms with Gasteiger partial charge in [-0.2, -0.15) is 0 Å². The smallest absolute Gasteiger partial charge is 0.256 e. The molecule has 1 aromatic carbocycles. The van der Waals surface area contributed by atoms with Crippen LogP contribution in [-0.2, 0) is 9.53 Å². The number of rotatable bonds is 3. The number of amides is 2. The Labute approximate surface area is 134 Å². The number of carbonyl (C=O) groups is 2. The van der Waals surface area contributed by atoms with Crippen molar-refractivity contribution in [1.82, 2.24) is 9.80 Å². The zero-order chi connectivity index (χ0) is 16.0. The molecule has 0 bridgehead atoms. The fourth-order valence-corrected chi connectivity index (χ4v) is 3.45. The van der Waals surface area contributed by atoms with Gasteiger partial charge >= 0.3 is 0 Å². The van der Waals surface area contributed by atoms with E-state index in [1.165, 1.54) is 25.0 Å². The van der Waals surface area contributed by atoms with E-state index in [4.69, 9.17) is 4.74 Å². The highest BCUT2D eigenvalue weighted by Crippen LogP contribution is 2.33. The standard InChI is InChI=1S/C17H19FN2O3/c18-13-4-2-1-3-12(13)17(22)19-8-14-15(9-19)23-10-16(21)20(14)7-11-5-6-11/h1-4,11,14-15H,5-10H2/t14-,15-/m1/s1. The van der Waals surface area contributed by atoms with Crippen LogP contribution < -0.4 is 0 Å². The summed E-state index contributed by atoms with van der Waals surface area (Å²) in [7, 11) is 0. The molecule has 122 valence electrons. The summed E-state index contributed by atoms with van der Waals surface area (Å²) in [5.74, 6) is -0.258. The van der Waals surface area contributed by atoms with E-state index in [1.807, 2.05) is 4.90 Å². The molecule has 1 aromatic rings. The molecule has 1 saturated carbocycles. The van der Waals surface area contributed by atoms with Crippen molar-refractivity contribution >= 4 is 11.8 Å². The molecule has 1 aliphatic carbocycles. The third-order valence-corrected chi connectivity index (χ3v) is 4.92. The first-order chi connectivity index (χ1) is 11.1. The SMILES string of the molecule is O=C(c1ccccc1F)N1C[C@@H]2[C@@H](C1)OCC(=O)N2CC1CC1. The fraction of sp³-hybridized carbons (Fsp3) is 0.529. The Kier molecular flexibility index (Phi) is 3.56. The molecule has 3 fully saturated rings. The first-order valence-corrected chi connectivity index (χ1v) is 8.08. The average molecular weight is 318 g/mol. The molecular formula is C17H19FN2O3. The van der Waals surface area contributed by atoms with Crippen molar-refractivity contribution in [3.05, 3.63) is 35.6 Å². The minimum atomic E-state index is -0.515. The normalized spacial score (nSPS) is 27.3. The van der Waals surface area contributed by atoms with Gasteiger partial charge in [0.2, 0.25) is 5.91 Å². The molecule has 3 aliphatic rings. The predicted octanol–water partition coefficient (Wildman–Crippen LogP) is 1.29. The summed E-state index contributed by atoms with van der Waals surface area (Å²) < 4.78 is 19.5. The number of halogens is 1. The Bertz CT molecular complexity index is 646. The monoisotopic (exact) mass is 318 g/mol. The Morgan fingerprint density at radius 2 is 2.04 bits per heavy atom. The zero-order valence-corrected chi connectivity index (χ0v) is 12.8. The molecule has 0 unspecified atom stereocenters. The van der Waals surface area contributed by atoms with Crippen LogP contribution in [0.4, 0.5) is 4.39 Å². The molecule has 0 spiro atoms. The molecule has 6 heteroatoms. The van der Waals surface area contributed by atoms with Crippen LogP contribution in [0.15, 0.2) is 24.3 Å². The van der Waals surface area contributed by atoms with Crippen LogP contribution in [0.5, 0.6) is 0 Å². The molecule has 2 heterocycles. The third-order valence-electron chi connectivity index (χ3n) is 4.92. The molecule has 0 aromatic heterocycles. The maximum absolute atomic E-state index is 13.8. The van der Waals surface area contributed by atoms with Crippen molar-refractivity contribution in [3.63, 3.8) is 0 Å². The summed E-state index contributed by atoms with van der Waals surface area (Å²) in [5.41, 5.74) is 0.0752. The summed E-state index contributed by atoms with van der Waals surface area (Å²) in [4.78, 5) is 28.2. The topological polar surface area (TPSA) is 49.9 Å². The van der Waals surface area contributed by atoms with E-state index in [9.17, 15) is 14.0 Å². The Balaban J connectivity index is 1.51. The Hall–Kier alpha value is -1.95. The second-order valence-electron chi connectivity index (χ2n) is 6.60. The van der Waals surface area contributed by atoms with Gasteiger partial charge in [-0.05, 0) is 30.9 Å². The maximum Gasteiger partial charge on any atom is 0.256 e. The van der Waals surface area contributed by atoms with Gasteiger partial charge in [0.25, 0.3) is 5.91 Å². The fourth-order valence-electron chi connectivity index (χ4n) is 3.45. The van der Waals surface area contributed by atoms with Gasteiger partial charge in [-0.3, -0.25) is 9.59 Å². The minimum Gasteiger partial charge on any atom is -0.364 e. The van der Waals surface area contributed by atoms with E-state index in [0.29, 0.717) is 19.0 Å². The zero-order valence-electron chi connectivity index (χ0n) is 12.8. The molecule has 0 radical (unpaired) electrons. The van der Waals surface area contributed by atoms with Crippen LogP contribution in [-0.4, -0.2) is 60.0 Å². The van der Waals surface area contributed by atoms with Crippen molar-refractivity contribution in [2.75, 3.05) is 26.2 Å². The highest BCUT2D eigenvalue weighted by atomic mass is 19.1. The number of likely N-dealkylation sites (tertiary alicyclic amines) is 1. The van der Waals surface area contributed by atoms with Gasteiger partial charge in [-0.15, -0.1) is 0 Å². The number of nitrogens with zero attached hydrogens (tertiary/aromatic N) is 2. The summed E-state index contributed by atoms with van der Waals surface area (Å²) in [6, 6.07) is 5.89. The van der Waals surface area contributed by atoms with Crippen molar-refractivity contribution in [2.24, 2.45) is 5.92 Å². The lowest BCUT2D eigenvalue weighted by molar-refractivity contribution is -0.153. The van der Waals surface area contributed by atoms with Crippen LogP contribution in [0.2, 0.25) is 0 Å². The van der Waals surface area contributed by atoms with E-state index in [-0.39, 0.29) is 36.1 Å². The molecular weight excluding hydrogens is 299 g/mol. The van der Waals surface area contributed by atoms with Crippen molar-refractivity contribution in [1.29, 1.82) is 0 Å². The van der Waals surface area contributed by atoms with Crippen LogP contribution in [0.1, 0.15) is 23.2 Å². The Morgan fingerprint density at radius 3 is 2.78 bits per heavy atom. The number of hydrogen-bond acceptors (Lipinski definition) is 3. The number of benzene rings is 1. The summed E-state index contributed by atoms with van der Waals surface area (Å²) >= 11 is 0. The lowest BCUT2D eigenvalue weighted by Crippen LogP contribution is -2.54. The average Bonchev–Trinajstić information content (AvgIpc) is 3.26. The second-order valence-corrected chi connectivity index (χ2v) is 6.60. The maximum atomic E-state index is 13.8. The van der Waals surface area contributed by atoms with Crippen LogP contribution in [0.25, 0.3) is 0 Å². The van der Waals surface area contributed by atoms with E-state index in [0.717, 1.165) is 6.54 Å². The van der Waals surface area contributed by atoms with Crippen LogP contribution >= 0.6 is 0 Å². The summed E-state index contributed by atoms with van der Waals surface area (Å²) in [6.45, 7) is 1.66. The van der Waals surface area contributed by atoms with Gasteiger partial charge in [0, 0.05) is 19.6 Å². The Morgan fingerprint density at radius 1 is 1.26 bits per heavy atom. The van der Waals surface area contributed by atoms with E-state index < -0.39 is 5.82 Å². The molecule has 2 saturated heterocycles. The number of morpholine rings is 1. The minimum absolute atomic E-state index is 0.00154. The molecule has 23 heavy (non-hydrogen) atoms. The third kappa shape index (κ3) is 2.72. The van der Waals surface area contributed by atoms with Gasteiger partial charge in [0.05, 0.1) is 17.7 Å². The quantitative estimate of drug-likeness (QED) is 0.844. The first kappa shape index (κ1) is 14.6. The largest absolute Gasteiger partial charge is 0.364 e. The highest BCUT2D eigenvalue weighted by Gasteiger charge is 2.46. The summed E-state index contributed by atoms with van der Waals surface area (Å²) in [5, 5.41) is 0. The van der Waals surface area contributed by atoms with Crippen molar-refractivity contribution in [3.8, 4) is 0 Å². The molecule has 5 nitrogen and oxygen atoms in total. The molecule has 0 N–H and O–H groups in total. The lowest BCUT2D eigenvalue weighted by Gasteiger charge is -2.36. The van der Waals surface area contributed by atoms with E-state index in [2.05, 4.69) is 0 Å². The van der Waals surface area contributed by atoms with E-state index >= 15 is 0 Å². The van der Waals surface area contributed by atoms with Crippen LogP contribution in [0.3, 0.4) is 0 Å². The van der Waals surface area contributed by atoms with E-state index in [1.54, 1.807) is 17.0 Å². The van der Waals surface area contributed by atoms with Crippen LogP contribution in [0, 0.1) is 11.7 Å². The number of carbonyl (C=O) groups excluding carboxylic acids is 2. The first-order valence-electron chi connectivity index (χ1n) is 8.08. The van der Waals surface area contributed by atoms with Crippen molar-refractivity contribution in [2.45, 2.75) is 25.0 Å². The lowest BCUT2D eigenvalue weighted by atomic mass is 10.1. The summed E-state index contributed by atoms with van der Waals surface area (Å²) in [6.07, 6.45) is 2.17. The number of hydrogen-bond donors (Lipinski definition) is 0.